The summed E-state index contributed by atoms with van der Waals surface area (Å²) in [6.07, 6.45) is 0. The van der Waals surface area contributed by atoms with Crippen LogP contribution in [-0.2, 0) is 6.54 Å². The van der Waals surface area contributed by atoms with Crippen molar-refractivity contribution in [2.24, 2.45) is 0 Å². The van der Waals surface area contributed by atoms with Gasteiger partial charge in [-0.1, -0.05) is 66.7 Å². The van der Waals surface area contributed by atoms with Crippen molar-refractivity contribution >= 4 is 16.6 Å². The van der Waals surface area contributed by atoms with Crippen molar-refractivity contribution in [2.45, 2.75) is 6.54 Å². The summed E-state index contributed by atoms with van der Waals surface area (Å²) in [5.74, 6) is 0. The molecule has 0 unspecified atom stereocenters. The maximum Gasteiger partial charge on any atom is 0.165 e. The smallest absolute Gasteiger partial charge is 0.165 e. The van der Waals surface area contributed by atoms with Gasteiger partial charge in [-0.25, -0.2) is 0 Å². The molecule has 0 aliphatic carbocycles. The van der Waals surface area contributed by atoms with Crippen LogP contribution in [0.15, 0.2) is 89.7 Å². The SMILES string of the molecule is O=c1[c-]c(N2CCN(Cc3ccccc3)CC2)c2ccccc2n1-c1ccccc1.[No]. The summed E-state index contributed by atoms with van der Waals surface area (Å²) in [6, 6.07) is 31.7. The third kappa shape index (κ3) is 3.89. The number of hydrogen-bond donors (Lipinski definition) is 0. The van der Waals surface area contributed by atoms with E-state index in [4.69, 9.17) is 0 Å². The van der Waals surface area contributed by atoms with Gasteiger partial charge in [-0.2, -0.15) is 6.07 Å². The van der Waals surface area contributed by atoms with Crippen LogP contribution in [0.5, 0.6) is 0 Å². The molecule has 5 rings (SSSR count). The van der Waals surface area contributed by atoms with E-state index in [0.717, 1.165) is 55.0 Å². The molecule has 2 heterocycles. The average molecular weight is 653 g/mol. The third-order valence-electron chi connectivity index (χ3n) is 5.78. The fourth-order valence-corrected chi connectivity index (χ4v) is 4.26. The predicted molar refractivity (Wildman–Crippen MR) is 122 cm³/mol. The van der Waals surface area contributed by atoms with E-state index in [2.05, 4.69) is 52.3 Å². The molecule has 0 radical (unpaired) electrons. The molecule has 1 aliphatic heterocycles. The quantitative estimate of drug-likeness (QED) is 0.311. The Balaban J connectivity index is 0.00000231. The van der Waals surface area contributed by atoms with Gasteiger partial charge in [0.05, 0.1) is 0 Å². The normalized spacial score (nSPS) is 14.4. The van der Waals surface area contributed by atoms with Crippen LogP contribution in [0.1, 0.15) is 5.56 Å². The number of fused-ring (bicyclic) bond motifs is 1. The molecule has 164 valence electrons. The molecule has 1 saturated heterocycles. The number of anilines is 1. The first-order valence-electron chi connectivity index (χ1n) is 10.4. The van der Waals surface area contributed by atoms with Crippen LogP contribution in [0.4, 0.5) is 5.69 Å². The van der Waals surface area contributed by atoms with Gasteiger partial charge in [-0.05, 0) is 23.2 Å². The largest absolute Gasteiger partial charge is 0.402 e. The molecule has 0 atom stereocenters. The van der Waals surface area contributed by atoms with Crippen molar-refractivity contribution in [2.75, 3.05) is 31.1 Å². The molecule has 0 spiro atoms. The van der Waals surface area contributed by atoms with E-state index in [1.165, 1.54) is 5.56 Å². The van der Waals surface area contributed by atoms with Gasteiger partial charge in [-0.15, -0.1) is 17.1 Å². The molecule has 31 heavy (non-hydrogen) atoms. The average Bonchev–Trinajstić information content (AvgIpc) is 2.80. The second-order valence-corrected chi connectivity index (χ2v) is 7.72. The van der Waals surface area contributed by atoms with Crippen LogP contribution in [0.3, 0.4) is 0 Å². The molecule has 4 aromatic rings. The van der Waals surface area contributed by atoms with Gasteiger partial charge in [-0.3, -0.25) is 9.69 Å². The maximum absolute atomic E-state index is 13.1. The number of hydrogen-bond acceptors (Lipinski definition) is 3. The van der Waals surface area contributed by atoms with E-state index in [-0.39, 0.29) is 5.56 Å². The van der Waals surface area contributed by atoms with Crippen LogP contribution in [-0.4, -0.2) is 35.6 Å². The first-order chi connectivity index (χ1) is 14.8. The topological polar surface area (TPSA) is 28.5 Å². The number of piperazine rings is 1. The first kappa shape index (κ1) is 19.9. The van der Waals surface area contributed by atoms with Crippen molar-refractivity contribution in [3.63, 3.8) is 0 Å². The Morgan fingerprint density at radius 1 is 0.742 bits per heavy atom. The maximum atomic E-state index is 13.1. The van der Waals surface area contributed by atoms with E-state index in [9.17, 15) is 4.79 Å². The van der Waals surface area contributed by atoms with E-state index in [1.54, 1.807) is 4.57 Å². The van der Waals surface area contributed by atoms with Gasteiger partial charge in [0.25, 0.3) is 0 Å². The van der Waals surface area contributed by atoms with Gasteiger partial charge in [0, 0.05) is 38.4 Å². The van der Waals surface area contributed by atoms with Crippen LogP contribution in [0, 0.1) is 6.07 Å². The predicted octanol–water partition coefficient (Wildman–Crippen LogP) is 4.11. The van der Waals surface area contributed by atoms with Crippen LogP contribution in [0.2, 0.25) is 0 Å². The Kier molecular flexibility index (Phi) is 5.50. The number of aromatic nitrogens is 1. The van der Waals surface area contributed by atoms with E-state index < -0.39 is 0 Å². The molecule has 5 heteroatoms. The number of nitrogens with zero attached hydrogens (tertiary/aromatic N) is 3. The summed E-state index contributed by atoms with van der Waals surface area (Å²) in [5, 5.41) is 1.07. The Hall–Kier alpha value is -4.37. The molecule has 3 aromatic carbocycles. The summed E-state index contributed by atoms with van der Waals surface area (Å²) < 4.78 is 1.75. The van der Waals surface area contributed by atoms with Crippen molar-refractivity contribution in [3.8, 4) is 5.69 Å². The number of pyridine rings is 1. The Morgan fingerprint density at radius 3 is 2.06 bits per heavy atom. The van der Waals surface area contributed by atoms with Crippen LogP contribution in [0.25, 0.3) is 16.6 Å². The summed E-state index contributed by atoms with van der Waals surface area (Å²) in [4.78, 5) is 17.9. The van der Waals surface area contributed by atoms with Gasteiger partial charge in [0.15, 0.2) is 5.56 Å². The second-order valence-electron chi connectivity index (χ2n) is 7.72. The number of benzene rings is 3. The van der Waals surface area contributed by atoms with Gasteiger partial charge >= 0.3 is 0 Å². The molecule has 0 N–H and O–H groups in total. The van der Waals surface area contributed by atoms with E-state index >= 15 is 0 Å². The van der Waals surface area contributed by atoms with Gasteiger partial charge in [0.1, 0.15) is 0 Å². The molecule has 0 bridgehead atoms. The van der Waals surface area contributed by atoms with Crippen LogP contribution >= 0.6 is 0 Å². The van der Waals surface area contributed by atoms with Crippen molar-refractivity contribution in [1.29, 1.82) is 0 Å². The Labute approximate surface area is 176 Å². The summed E-state index contributed by atoms with van der Waals surface area (Å²) in [6.45, 7) is 4.69. The van der Waals surface area contributed by atoms with Crippen molar-refractivity contribution < 1.29 is 0 Å². The standard InChI is InChI=1S/C26H24N3O.No/c30-26-19-25(28-17-15-27(16-18-28)20-21-9-3-1-4-10-21)23-13-7-8-14-24(23)29(26)22-11-5-2-6-12-22;/h1-14H,15-18,20H2;/q-1;. The zero-order chi connectivity index (χ0) is 20.3. The molecular formula is C26H24N3NoO-. The molecule has 1 aliphatic rings. The summed E-state index contributed by atoms with van der Waals surface area (Å²) in [5.41, 5.74) is 3.94. The summed E-state index contributed by atoms with van der Waals surface area (Å²) in [7, 11) is 0. The molecule has 0 saturated carbocycles. The van der Waals surface area contributed by atoms with Crippen molar-refractivity contribution in [1.82, 2.24) is 9.47 Å². The fourth-order valence-electron chi connectivity index (χ4n) is 4.26. The fraction of sp³-hybridized carbons (Fsp3) is 0.192. The first-order valence-corrected chi connectivity index (χ1v) is 10.4. The Bertz CT molecular complexity index is 1200. The van der Waals surface area contributed by atoms with Gasteiger partial charge < -0.3 is 9.47 Å². The monoisotopic (exact) mass is 653 g/mol. The minimum atomic E-state index is -0.110. The van der Waals surface area contributed by atoms with Gasteiger partial charge in [0.2, 0.25) is 0 Å². The summed E-state index contributed by atoms with van der Waals surface area (Å²) >= 11 is 0. The van der Waals surface area contributed by atoms with Crippen LogP contribution < -0.4 is 10.5 Å². The minimum Gasteiger partial charge on any atom is -0.402 e. The molecule has 1 aromatic heterocycles. The van der Waals surface area contributed by atoms with E-state index in [1.807, 2.05) is 48.5 Å². The molecule has 4 nitrogen and oxygen atoms in total. The zero-order valence-corrected chi connectivity index (χ0v) is 19.4. The molecule has 0 amide bonds. The molecule has 1 fully saturated rings. The third-order valence-corrected chi connectivity index (χ3v) is 5.78. The van der Waals surface area contributed by atoms with E-state index in [0.29, 0.717) is 0 Å². The second kappa shape index (κ2) is 8.56. The number of rotatable bonds is 4. The number of para-hydroxylation sites is 2. The van der Waals surface area contributed by atoms with Crippen molar-refractivity contribution in [3.05, 3.63) is 107 Å². The Morgan fingerprint density at radius 2 is 1.35 bits per heavy atom. The minimum absolute atomic E-state index is 0. The molecular weight excluding hydrogens is 629 g/mol. The zero-order valence-electron chi connectivity index (χ0n) is 17.1.